The predicted molar refractivity (Wildman–Crippen MR) is 82.4 cm³/mol. The number of benzene rings is 1. The van der Waals surface area contributed by atoms with Gasteiger partial charge in [0.05, 0.1) is 23.5 Å². The van der Waals surface area contributed by atoms with Crippen molar-refractivity contribution in [2.45, 2.75) is 18.8 Å². The van der Waals surface area contributed by atoms with Crippen molar-refractivity contribution in [2.75, 3.05) is 12.4 Å². The van der Waals surface area contributed by atoms with E-state index in [0.29, 0.717) is 15.8 Å². The van der Waals surface area contributed by atoms with Gasteiger partial charge in [-0.15, -0.1) is 11.3 Å². The highest BCUT2D eigenvalue weighted by Gasteiger charge is 2.28. The van der Waals surface area contributed by atoms with Gasteiger partial charge in [0, 0.05) is 4.88 Å². The van der Waals surface area contributed by atoms with Crippen LogP contribution >= 0.6 is 22.9 Å². The first-order valence-corrected chi connectivity index (χ1v) is 7.62. The normalized spacial score (nSPS) is 14.1. The lowest BCUT2D eigenvalue weighted by Crippen LogP contribution is -2.02. The van der Waals surface area contributed by atoms with Crippen molar-refractivity contribution in [1.82, 2.24) is 0 Å². The minimum Gasteiger partial charge on any atom is -0.465 e. The number of hydrogen-bond donors (Lipinski definition) is 1. The van der Waals surface area contributed by atoms with E-state index in [-0.39, 0.29) is 5.97 Å². The molecule has 0 spiro atoms. The quantitative estimate of drug-likeness (QED) is 0.824. The zero-order valence-corrected chi connectivity index (χ0v) is 12.6. The van der Waals surface area contributed by atoms with Gasteiger partial charge in [0.2, 0.25) is 0 Å². The summed E-state index contributed by atoms with van der Waals surface area (Å²) in [5, 5.41) is 3.86. The molecule has 0 radical (unpaired) electrons. The molecule has 3 nitrogen and oxygen atoms in total. The number of ether oxygens (including phenoxy) is 1. The van der Waals surface area contributed by atoms with Gasteiger partial charge in [-0.3, -0.25) is 0 Å². The number of hydrogen-bond acceptors (Lipinski definition) is 4. The molecule has 3 rings (SSSR count). The summed E-state index contributed by atoms with van der Waals surface area (Å²) in [6, 6.07) is 9.52. The summed E-state index contributed by atoms with van der Waals surface area (Å²) in [5.41, 5.74) is 1.57. The van der Waals surface area contributed by atoms with Crippen molar-refractivity contribution < 1.29 is 9.53 Å². The van der Waals surface area contributed by atoms with Crippen LogP contribution in [-0.4, -0.2) is 13.1 Å². The van der Waals surface area contributed by atoms with Crippen LogP contribution in [0.4, 0.5) is 11.4 Å². The first-order chi connectivity index (χ1) is 9.69. The molecule has 0 bridgehead atoms. The standard InChI is InChI=1S/C15H14ClNO2S/c1-19-15(18)14-12(8-13(20-14)9-6-7-9)17-11-5-3-2-4-10(11)16/h2-5,8-9,17H,6-7H2,1H3. The summed E-state index contributed by atoms with van der Waals surface area (Å²) in [6.45, 7) is 0. The molecule has 1 saturated carbocycles. The largest absolute Gasteiger partial charge is 0.465 e. The number of carbonyl (C=O) groups excluding carboxylic acids is 1. The van der Waals surface area contributed by atoms with E-state index in [4.69, 9.17) is 16.3 Å². The molecule has 5 heteroatoms. The zero-order chi connectivity index (χ0) is 14.1. The fourth-order valence-electron chi connectivity index (χ4n) is 2.02. The Bertz CT molecular complexity index is 649. The van der Waals surface area contributed by atoms with Crippen LogP contribution in [0, 0.1) is 0 Å². The number of esters is 1. The molecule has 1 heterocycles. The lowest BCUT2D eigenvalue weighted by Gasteiger charge is -2.07. The third kappa shape index (κ3) is 2.67. The van der Waals surface area contributed by atoms with E-state index in [1.807, 2.05) is 30.3 Å². The molecule has 1 aliphatic rings. The third-order valence-corrected chi connectivity index (χ3v) is 4.85. The van der Waals surface area contributed by atoms with Crippen LogP contribution in [-0.2, 0) is 4.74 Å². The highest BCUT2D eigenvalue weighted by Crippen LogP contribution is 2.46. The van der Waals surface area contributed by atoms with E-state index >= 15 is 0 Å². The number of halogens is 1. The Balaban J connectivity index is 1.95. The van der Waals surface area contributed by atoms with Crippen LogP contribution in [0.3, 0.4) is 0 Å². The molecular weight excluding hydrogens is 294 g/mol. The van der Waals surface area contributed by atoms with Crippen molar-refractivity contribution in [2.24, 2.45) is 0 Å². The lowest BCUT2D eigenvalue weighted by atomic mass is 10.2. The second-order valence-corrected chi connectivity index (χ2v) is 6.25. The lowest BCUT2D eigenvalue weighted by molar-refractivity contribution is 0.0607. The molecule has 1 fully saturated rings. The van der Waals surface area contributed by atoms with Crippen molar-refractivity contribution in [3.63, 3.8) is 0 Å². The third-order valence-electron chi connectivity index (χ3n) is 3.24. The van der Waals surface area contributed by atoms with Gasteiger partial charge in [0.1, 0.15) is 4.88 Å². The monoisotopic (exact) mass is 307 g/mol. The van der Waals surface area contributed by atoms with E-state index in [0.717, 1.165) is 11.4 Å². The molecule has 0 amide bonds. The van der Waals surface area contributed by atoms with Gasteiger partial charge in [-0.2, -0.15) is 0 Å². The number of rotatable bonds is 4. The molecule has 1 aliphatic carbocycles. The molecule has 0 unspecified atom stereocenters. The molecule has 2 aromatic rings. The van der Waals surface area contributed by atoms with Crippen LogP contribution in [0.2, 0.25) is 5.02 Å². The van der Waals surface area contributed by atoms with Gasteiger partial charge >= 0.3 is 5.97 Å². The van der Waals surface area contributed by atoms with E-state index in [1.54, 1.807) is 0 Å². The number of anilines is 2. The van der Waals surface area contributed by atoms with Crippen LogP contribution in [0.1, 0.15) is 33.3 Å². The van der Waals surface area contributed by atoms with Gasteiger partial charge in [-0.05, 0) is 37.0 Å². The number of carbonyl (C=O) groups is 1. The Morgan fingerprint density at radius 2 is 2.10 bits per heavy atom. The molecule has 104 valence electrons. The first-order valence-electron chi connectivity index (χ1n) is 6.42. The molecular formula is C15H14ClNO2S. The Morgan fingerprint density at radius 1 is 1.35 bits per heavy atom. The highest BCUT2D eigenvalue weighted by atomic mass is 35.5. The van der Waals surface area contributed by atoms with Crippen molar-refractivity contribution in [3.8, 4) is 0 Å². The molecule has 0 atom stereocenters. The maximum absolute atomic E-state index is 11.9. The van der Waals surface area contributed by atoms with Gasteiger partial charge in [0.15, 0.2) is 0 Å². The van der Waals surface area contributed by atoms with Crippen LogP contribution < -0.4 is 5.32 Å². The van der Waals surface area contributed by atoms with Crippen LogP contribution in [0.25, 0.3) is 0 Å². The smallest absolute Gasteiger partial charge is 0.350 e. The Labute approximate surface area is 126 Å². The Kier molecular flexibility index (Phi) is 3.68. The number of nitrogens with one attached hydrogen (secondary N) is 1. The summed E-state index contributed by atoms with van der Waals surface area (Å²) < 4.78 is 4.86. The molecule has 20 heavy (non-hydrogen) atoms. The molecule has 1 aromatic carbocycles. The van der Waals surface area contributed by atoms with Gasteiger partial charge < -0.3 is 10.1 Å². The SMILES string of the molecule is COC(=O)c1sc(C2CC2)cc1Nc1ccccc1Cl. The van der Waals surface area contributed by atoms with E-state index in [2.05, 4.69) is 5.32 Å². The second-order valence-electron chi connectivity index (χ2n) is 4.76. The average Bonchev–Trinajstić information content (AvgIpc) is 3.22. The predicted octanol–water partition coefficient (Wildman–Crippen LogP) is 4.81. The van der Waals surface area contributed by atoms with E-state index in [1.165, 1.54) is 36.2 Å². The first kappa shape index (κ1) is 13.5. The van der Waals surface area contributed by atoms with Crippen LogP contribution in [0.5, 0.6) is 0 Å². The van der Waals surface area contributed by atoms with E-state index < -0.39 is 0 Å². The Hall–Kier alpha value is -1.52. The minimum atomic E-state index is -0.309. The fourth-order valence-corrected chi connectivity index (χ4v) is 3.41. The van der Waals surface area contributed by atoms with Crippen molar-refractivity contribution >= 4 is 40.3 Å². The summed E-state index contributed by atoms with van der Waals surface area (Å²) in [6.07, 6.45) is 2.40. The summed E-state index contributed by atoms with van der Waals surface area (Å²) in [5.74, 6) is 0.293. The van der Waals surface area contributed by atoms with Gasteiger partial charge in [0.25, 0.3) is 0 Å². The number of thiophene rings is 1. The Morgan fingerprint density at radius 3 is 2.75 bits per heavy atom. The number of methoxy groups -OCH3 is 1. The van der Waals surface area contributed by atoms with Gasteiger partial charge in [-0.25, -0.2) is 4.79 Å². The maximum Gasteiger partial charge on any atom is 0.350 e. The minimum absolute atomic E-state index is 0.309. The van der Waals surface area contributed by atoms with Crippen molar-refractivity contribution in [3.05, 3.63) is 45.1 Å². The van der Waals surface area contributed by atoms with E-state index in [9.17, 15) is 4.79 Å². The fraction of sp³-hybridized carbons (Fsp3) is 0.267. The average molecular weight is 308 g/mol. The van der Waals surface area contributed by atoms with Gasteiger partial charge in [-0.1, -0.05) is 23.7 Å². The summed E-state index contributed by atoms with van der Waals surface area (Å²) >= 11 is 7.65. The second kappa shape index (κ2) is 5.46. The maximum atomic E-state index is 11.9. The molecule has 1 aromatic heterocycles. The number of para-hydroxylation sites is 1. The summed E-state index contributed by atoms with van der Waals surface area (Å²) in [7, 11) is 1.40. The summed E-state index contributed by atoms with van der Waals surface area (Å²) in [4.78, 5) is 13.7. The topological polar surface area (TPSA) is 38.3 Å². The molecule has 1 N–H and O–H groups in total. The molecule has 0 aliphatic heterocycles. The zero-order valence-electron chi connectivity index (χ0n) is 11.0. The highest BCUT2D eigenvalue weighted by molar-refractivity contribution is 7.14. The molecule has 0 saturated heterocycles. The van der Waals surface area contributed by atoms with Crippen LogP contribution in [0.15, 0.2) is 30.3 Å². The van der Waals surface area contributed by atoms with Crippen molar-refractivity contribution in [1.29, 1.82) is 0 Å².